The van der Waals surface area contributed by atoms with E-state index in [-0.39, 0.29) is 42.7 Å². The van der Waals surface area contributed by atoms with E-state index in [0.717, 1.165) is 17.7 Å². The van der Waals surface area contributed by atoms with E-state index in [9.17, 15) is 27.2 Å². The first-order valence-corrected chi connectivity index (χ1v) is 12.6. The first kappa shape index (κ1) is 27.2. The second-order valence-corrected chi connectivity index (χ2v) is 9.64. The van der Waals surface area contributed by atoms with Crippen LogP contribution in [0.5, 0.6) is 5.75 Å². The van der Waals surface area contributed by atoms with Gasteiger partial charge in [0.25, 0.3) is 0 Å². The SMILES string of the molecule is COc1ccc(F)cc1C1=NC(c2ccc(C(F)(F)F)cc2)C(c2cccc(C)c2)N1C(=O)N1CCNC(=O)C1. The van der Waals surface area contributed by atoms with Crippen LogP contribution in [0.3, 0.4) is 0 Å². The third kappa shape index (κ3) is 5.23. The topological polar surface area (TPSA) is 74.2 Å². The number of methoxy groups -OCH3 is 1. The normalized spacial score (nSPS) is 19.4. The predicted molar refractivity (Wildman–Crippen MR) is 139 cm³/mol. The third-order valence-corrected chi connectivity index (χ3v) is 6.95. The van der Waals surface area contributed by atoms with Gasteiger partial charge in [-0.05, 0) is 48.4 Å². The van der Waals surface area contributed by atoms with Crippen molar-refractivity contribution >= 4 is 17.8 Å². The molecule has 1 saturated heterocycles. The van der Waals surface area contributed by atoms with E-state index < -0.39 is 35.7 Å². The summed E-state index contributed by atoms with van der Waals surface area (Å²) in [5.74, 6) is -0.575. The highest BCUT2D eigenvalue weighted by Crippen LogP contribution is 2.45. The molecule has 5 rings (SSSR count). The van der Waals surface area contributed by atoms with Crippen LogP contribution in [-0.2, 0) is 11.0 Å². The summed E-state index contributed by atoms with van der Waals surface area (Å²) in [7, 11) is 1.40. The van der Waals surface area contributed by atoms with Gasteiger partial charge in [0.05, 0.1) is 24.3 Å². The van der Waals surface area contributed by atoms with Gasteiger partial charge in [-0.1, -0.05) is 42.0 Å². The van der Waals surface area contributed by atoms with Crippen LogP contribution in [0, 0.1) is 12.7 Å². The summed E-state index contributed by atoms with van der Waals surface area (Å²) in [6.07, 6.45) is -4.52. The van der Waals surface area contributed by atoms with E-state index in [4.69, 9.17) is 9.73 Å². The number of piperazine rings is 1. The molecule has 2 heterocycles. The monoisotopic (exact) mass is 554 g/mol. The van der Waals surface area contributed by atoms with Gasteiger partial charge in [-0.3, -0.25) is 14.7 Å². The van der Waals surface area contributed by atoms with Gasteiger partial charge in [0.1, 0.15) is 30.0 Å². The molecule has 208 valence electrons. The second kappa shape index (κ2) is 10.6. The van der Waals surface area contributed by atoms with Crippen molar-refractivity contribution in [1.29, 1.82) is 0 Å². The number of aryl methyl sites for hydroxylation is 1. The first-order chi connectivity index (χ1) is 19.1. The summed E-state index contributed by atoms with van der Waals surface area (Å²) in [4.78, 5) is 33.9. The van der Waals surface area contributed by atoms with Gasteiger partial charge in [0.15, 0.2) is 0 Å². The van der Waals surface area contributed by atoms with Crippen molar-refractivity contribution in [3.8, 4) is 5.75 Å². The fourth-order valence-electron chi connectivity index (χ4n) is 5.07. The maximum absolute atomic E-state index is 14.5. The van der Waals surface area contributed by atoms with E-state index >= 15 is 0 Å². The summed E-state index contributed by atoms with van der Waals surface area (Å²) < 4.78 is 60.0. The number of amidine groups is 1. The molecule has 0 bridgehead atoms. The zero-order valence-electron chi connectivity index (χ0n) is 21.7. The molecule has 3 aromatic rings. The lowest BCUT2D eigenvalue weighted by Gasteiger charge is -2.35. The van der Waals surface area contributed by atoms with Crippen LogP contribution in [0.1, 0.15) is 39.9 Å². The molecule has 1 N–H and O–H groups in total. The molecule has 0 saturated carbocycles. The van der Waals surface area contributed by atoms with Gasteiger partial charge in [0, 0.05) is 13.1 Å². The first-order valence-electron chi connectivity index (χ1n) is 12.6. The van der Waals surface area contributed by atoms with Gasteiger partial charge in [-0.2, -0.15) is 13.2 Å². The summed E-state index contributed by atoms with van der Waals surface area (Å²) in [6.45, 7) is 2.18. The number of amides is 3. The van der Waals surface area contributed by atoms with Crippen molar-refractivity contribution in [2.75, 3.05) is 26.7 Å². The molecular weight excluding hydrogens is 528 g/mol. The van der Waals surface area contributed by atoms with Crippen molar-refractivity contribution in [2.45, 2.75) is 25.2 Å². The molecule has 2 aliphatic heterocycles. The van der Waals surface area contributed by atoms with Crippen LogP contribution in [0.4, 0.5) is 22.4 Å². The minimum absolute atomic E-state index is 0.0868. The number of aliphatic imine (C=N–C) groups is 1. The molecule has 2 atom stereocenters. The molecule has 2 aliphatic rings. The van der Waals surface area contributed by atoms with E-state index in [1.54, 1.807) is 6.07 Å². The van der Waals surface area contributed by atoms with E-state index in [0.29, 0.717) is 11.1 Å². The number of urea groups is 1. The number of benzene rings is 3. The molecule has 0 spiro atoms. The number of carbonyl (C=O) groups excluding carboxylic acids is 2. The number of ether oxygens (including phenoxy) is 1. The Morgan fingerprint density at radius 2 is 1.80 bits per heavy atom. The zero-order valence-corrected chi connectivity index (χ0v) is 21.7. The molecule has 11 heteroatoms. The van der Waals surface area contributed by atoms with Crippen molar-refractivity contribution in [2.24, 2.45) is 4.99 Å². The number of nitrogens with zero attached hydrogens (tertiary/aromatic N) is 3. The van der Waals surface area contributed by atoms with E-state index in [2.05, 4.69) is 5.32 Å². The zero-order chi connectivity index (χ0) is 28.6. The molecule has 40 heavy (non-hydrogen) atoms. The number of rotatable bonds is 4. The largest absolute Gasteiger partial charge is 0.496 e. The average molecular weight is 555 g/mol. The minimum Gasteiger partial charge on any atom is -0.496 e. The van der Waals surface area contributed by atoms with Gasteiger partial charge >= 0.3 is 12.2 Å². The van der Waals surface area contributed by atoms with Gasteiger partial charge in [-0.15, -0.1) is 0 Å². The molecular formula is C29H26F4N4O3. The number of halogens is 4. The van der Waals surface area contributed by atoms with E-state index in [1.165, 1.54) is 47.2 Å². The minimum atomic E-state index is -4.52. The Morgan fingerprint density at radius 3 is 2.45 bits per heavy atom. The lowest BCUT2D eigenvalue weighted by molar-refractivity contribution is -0.137. The molecule has 3 aromatic carbocycles. The Balaban J connectivity index is 1.71. The average Bonchev–Trinajstić information content (AvgIpc) is 3.33. The smallest absolute Gasteiger partial charge is 0.416 e. The maximum atomic E-state index is 14.5. The Morgan fingerprint density at radius 1 is 1.05 bits per heavy atom. The number of carbonyl (C=O) groups is 2. The van der Waals surface area contributed by atoms with Crippen molar-refractivity contribution in [3.63, 3.8) is 0 Å². The molecule has 0 aliphatic carbocycles. The highest BCUT2D eigenvalue weighted by atomic mass is 19.4. The molecule has 2 unspecified atom stereocenters. The van der Waals surface area contributed by atoms with E-state index in [1.807, 2.05) is 25.1 Å². The van der Waals surface area contributed by atoms with Crippen LogP contribution in [0.2, 0.25) is 0 Å². The van der Waals surface area contributed by atoms with Crippen LogP contribution in [0.15, 0.2) is 71.7 Å². The Kier molecular flexibility index (Phi) is 7.22. The van der Waals surface area contributed by atoms with Crippen LogP contribution in [0.25, 0.3) is 0 Å². The molecule has 0 radical (unpaired) electrons. The number of hydrogen-bond donors (Lipinski definition) is 1. The lowest BCUT2D eigenvalue weighted by Crippen LogP contribution is -2.55. The highest BCUT2D eigenvalue weighted by molar-refractivity contribution is 6.11. The fourth-order valence-corrected chi connectivity index (χ4v) is 5.07. The molecule has 0 aromatic heterocycles. The standard InChI is InChI=1S/C29H26F4N4O3/c1-17-4-3-5-19(14-17)26-25(18-6-8-20(9-7-18)29(31,32)33)35-27(22-15-21(30)10-11-23(22)40-2)37(26)28(39)36-13-12-34-24(38)16-36/h3-11,14-15,25-26H,12-13,16H2,1-2H3,(H,34,38). The molecule has 1 fully saturated rings. The Hall–Kier alpha value is -4.41. The predicted octanol–water partition coefficient (Wildman–Crippen LogP) is 5.26. The number of nitrogens with one attached hydrogen (secondary N) is 1. The van der Waals surface area contributed by atoms with Crippen molar-refractivity contribution in [1.82, 2.24) is 15.1 Å². The number of alkyl halides is 3. The summed E-state index contributed by atoms with van der Waals surface area (Å²) in [5.41, 5.74) is 1.38. The quantitative estimate of drug-likeness (QED) is 0.448. The molecule has 7 nitrogen and oxygen atoms in total. The van der Waals surface area contributed by atoms with Crippen LogP contribution in [-0.4, -0.2) is 54.3 Å². The maximum Gasteiger partial charge on any atom is 0.416 e. The molecule has 3 amide bonds. The van der Waals surface area contributed by atoms with Crippen molar-refractivity contribution < 1.29 is 31.9 Å². The van der Waals surface area contributed by atoms with Crippen LogP contribution >= 0.6 is 0 Å². The fraction of sp³-hybridized carbons (Fsp3) is 0.276. The summed E-state index contributed by atoms with van der Waals surface area (Å²) >= 11 is 0. The van der Waals surface area contributed by atoms with Crippen LogP contribution < -0.4 is 10.1 Å². The van der Waals surface area contributed by atoms with Gasteiger partial charge in [-0.25, -0.2) is 9.18 Å². The highest BCUT2D eigenvalue weighted by Gasteiger charge is 2.45. The van der Waals surface area contributed by atoms with Gasteiger partial charge < -0.3 is 15.0 Å². The van der Waals surface area contributed by atoms with Crippen molar-refractivity contribution in [3.05, 3.63) is 100 Å². The number of hydrogen-bond acceptors (Lipinski definition) is 4. The Bertz CT molecular complexity index is 1470. The second-order valence-electron chi connectivity index (χ2n) is 9.64. The Labute approximate surface area is 228 Å². The summed E-state index contributed by atoms with van der Waals surface area (Å²) in [6, 6.07) is 13.6. The lowest BCUT2D eigenvalue weighted by atomic mass is 9.92. The summed E-state index contributed by atoms with van der Waals surface area (Å²) in [5, 5.41) is 2.69. The third-order valence-electron chi connectivity index (χ3n) is 6.95. The van der Waals surface area contributed by atoms with Gasteiger partial charge in [0.2, 0.25) is 5.91 Å².